The van der Waals surface area contributed by atoms with E-state index in [0.29, 0.717) is 6.54 Å². The lowest BCUT2D eigenvalue weighted by atomic mass is 10.0. The number of amides is 1. The van der Waals surface area contributed by atoms with Gasteiger partial charge in [-0.3, -0.25) is 9.48 Å². The fourth-order valence-corrected chi connectivity index (χ4v) is 4.03. The molecule has 1 aromatic heterocycles. The van der Waals surface area contributed by atoms with E-state index in [4.69, 9.17) is 0 Å². The lowest BCUT2D eigenvalue weighted by Crippen LogP contribution is -2.50. The van der Waals surface area contributed by atoms with Gasteiger partial charge in [0.1, 0.15) is 5.69 Å². The third-order valence-corrected chi connectivity index (χ3v) is 5.44. The average Bonchev–Trinajstić information content (AvgIpc) is 2.82. The fraction of sp³-hybridized carbons (Fsp3) is 0.778. The smallest absolute Gasteiger partial charge is 0.333 e. The molecular weight excluding hydrogens is 345 g/mol. The van der Waals surface area contributed by atoms with Gasteiger partial charge in [-0.25, -0.2) is 0 Å². The maximum absolute atomic E-state index is 13.0. The van der Waals surface area contributed by atoms with Crippen molar-refractivity contribution in [2.75, 3.05) is 26.2 Å². The summed E-state index contributed by atoms with van der Waals surface area (Å²) in [6.45, 7) is 3.50. The monoisotopic (exact) mass is 372 g/mol. The predicted octanol–water partition coefficient (Wildman–Crippen LogP) is 3.31. The van der Waals surface area contributed by atoms with Crippen LogP contribution in [0, 0.1) is 0 Å². The molecule has 0 aliphatic carbocycles. The Morgan fingerprint density at radius 3 is 2.38 bits per heavy atom. The van der Waals surface area contributed by atoms with Crippen molar-refractivity contribution in [2.24, 2.45) is 7.05 Å². The van der Waals surface area contributed by atoms with E-state index in [9.17, 15) is 18.0 Å². The van der Waals surface area contributed by atoms with Crippen LogP contribution in [0.5, 0.6) is 0 Å². The van der Waals surface area contributed by atoms with Crippen LogP contribution in [0.4, 0.5) is 13.2 Å². The molecular formula is C18H27F3N4O. The maximum Gasteiger partial charge on any atom is 0.435 e. The number of piperidine rings is 1. The van der Waals surface area contributed by atoms with Crippen LogP contribution in [0.3, 0.4) is 0 Å². The Labute approximate surface area is 152 Å². The lowest BCUT2D eigenvalue weighted by Gasteiger charge is -2.38. The molecule has 3 heterocycles. The fourth-order valence-electron chi connectivity index (χ4n) is 4.03. The van der Waals surface area contributed by atoms with Crippen LogP contribution in [-0.4, -0.2) is 57.7 Å². The number of carbonyl (C=O) groups is 1. The Morgan fingerprint density at radius 1 is 1.12 bits per heavy atom. The number of rotatable bonds is 3. The van der Waals surface area contributed by atoms with Crippen molar-refractivity contribution >= 4 is 5.91 Å². The number of hydrogen-bond donors (Lipinski definition) is 0. The van der Waals surface area contributed by atoms with Gasteiger partial charge in [-0.1, -0.05) is 12.8 Å². The zero-order valence-electron chi connectivity index (χ0n) is 15.3. The molecule has 26 heavy (non-hydrogen) atoms. The Kier molecular flexibility index (Phi) is 5.89. The van der Waals surface area contributed by atoms with E-state index in [1.807, 2.05) is 0 Å². The molecule has 0 N–H and O–H groups in total. The molecule has 0 unspecified atom stereocenters. The minimum Gasteiger partial charge on any atom is -0.333 e. The Bertz CT molecular complexity index is 620. The molecule has 0 spiro atoms. The zero-order chi connectivity index (χ0) is 18.7. The Morgan fingerprint density at radius 2 is 1.77 bits per heavy atom. The van der Waals surface area contributed by atoms with Crippen molar-refractivity contribution in [3.8, 4) is 0 Å². The highest BCUT2D eigenvalue weighted by molar-refractivity contribution is 5.93. The first-order chi connectivity index (χ1) is 12.4. The third kappa shape index (κ3) is 4.39. The van der Waals surface area contributed by atoms with Crippen LogP contribution in [0.15, 0.2) is 6.07 Å². The number of alkyl halides is 3. The molecule has 2 aliphatic heterocycles. The van der Waals surface area contributed by atoms with Crippen molar-refractivity contribution in [3.05, 3.63) is 17.5 Å². The summed E-state index contributed by atoms with van der Waals surface area (Å²) in [4.78, 5) is 17.1. The Hall–Kier alpha value is -1.57. The first-order valence-electron chi connectivity index (χ1n) is 9.51. The molecule has 2 fully saturated rings. The first-order valence-corrected chi connectivity index (χ1v) is 9.51. The quantitative estimate of drug-likeness (QED) is 0.817. The standard InChI is InChI=1S/C18H27F3N4O/c1-23-15(12-16(22-23)18(19,20)21)17(26)25-11-7-4-8-14(25)13-24-9-5-2-3-6-10-24/h12,14H,2-11,13H2,1H3/t14-/m0/s1. The second-order valence-electron chi connectivity index (χ2n) is 7.40. The maximum atomic E-state index is 13.0. The number of nitrogens with zero attached hydrogens (tertiary/aromatic N) is 4. The van der Waals surface area contributed by atoms with E-state index in [1.54, 1.807) is 4.90 Å². The number of aryl methyl sites for hydroxylation is 1. The summed E-state index contributed by atoms with van der Waals surface area (Å²) in [6.07, 6.45) is 3.18. The third-order valence-electron chi connectivity index (χ3n) is 5.44. The van der Waals surface area contributed by atoms with E-state index in [2.05, 4.69) is 10.00 Å². The van der Waals surface area contributed by atoms with Gasteiger partial charge in [0.25, 0.3) is 5.91 Å². The molecule has 0 radical (unpaired) electrons. The van der Waals surface area contributed by atoms with Crippen molar-refractivity contribution in [2.45, 2.75) is 57.2 Å². The highest BCUT2D eigenvalue weighted by Gasteiger charge is 2.37. The molecule has 3 rings (SSSR count). The number of hydrogen-bond acceptors (Lipinski definition) is 3. The number of likely N-dealkylation sites (tertiary alicyclic amines) is 2. The summed E-state index contributed by atoms with van der Waals surface area (Å²) in [6, 6.07) is 0.943. The lowest BCUT2D eigenvalue weighted by molar-refractivity contribution is -0.141. The van der Waals surface area contributed by atoms with Gasteiger partial charge < -0.3 is 9.80 Å². The van der Waals surface area contributed by atoms with E-state index < -0.39 is 11.9 Å². The molecule has 146 valence electrons. The van der Waals surface area contributed by atoms with Crippen molar-refractivity contribution in [3.63, 3.8) is 0 Å². The van der Waals surface area contributed by atoms with Gasteiger partial charge in [0.05, 0.1) is 0 Å². The van der Waals surface area contributed by atoms with Gasteiger partial charge in [0, 0.05) is 32.2 Å². The van der Waals surface area contributed by atoms with Crippen molar-refractivity contribution in [1.82, 2.24) is 19.6 Å². The van der Waals surface area contributed by atoms with Crippen LogP contribution in [0.25, 0.3) is 0 Å². The summed E-state index contributed by atoms with van der Waals surface area (Å²) in [5, 5.41) is 3.48. The second kappa shape index (κ2) is 7.98. The van der Waals surface area contributed by atoms with E-state index >= 15 is 0 Å². The largest absolute Gasteiger partial charge is 0.435 e. The van der Waals surface area contributed by atoms with Gasteiger partial charge in [-0.2, -0.15) is 18.3 Å². The second-order valence-corrected chi connectivity index (χ2v) is 7.40. The first kappa shape index (κ1) is 19.2. The molecule has 0 bridgehead atoms. The molecule has 1 atom stereocenters. The molecule has 0 aromatic carbocycles. The predicted molar refractivity (Wildman–Crippen MR) is 91.8 cm³/mol. The van der Waals surface area contributed by atoms with Gasteiger partial charge >= 0.3 is 6.18 Å². The van der Waals surface area contributed by atoms with Crippen LogP contribution >= 0.6 is 0 Å². The van der Waals surface area contributed by atoms with Crippen molar-refractivity contribution in [1.29, 1.82) is 0 Å². The SMILES string of the molecule is Cn1nc(C(F)(F)F)cc1C(=O)N1CCCC[C@H]1CN1CCCCCC1. The molecule has 5 nitrogen and oxygen atoms in total. The summed E-state index contributed by atoms with van der Waals surface area (Å²) < 4.78 is 39.8. The van der Waals surface area contributed by atoms with Crippen molar-refractivity contribution < 1.29 is 18.0 Å². The number of carbonyl (C=O) groups excluding carboxylic acids is 1. The van der Waals surface area contributed by atoms with E-state index in [1.165, 1.54) is 32.7 Å². The van der Waals surface area contributed by atoms with E-state index in [0.717, 1.165) is 49.6 Å². The summed E-state index contributed by atoms with van der Waals surface area (Å²) in [5.74, 6) is -0.338. The minimum atomic E-state index is -4.54. The number of halogens is 3. The van der Waals surface area contributed by atoms with Gasteiger partial charge in [-0.05, 0) is 45.2 Å². The summed E-state index contributed by atoms with van der Waals surface area (Å²) >= 11 is 0. The Balaban J connectivity index is 1.74. The topological polar surface area (TPSA) is 41.4 Å². The molecule has 2 saturated heterocycles. The average molecular weight is 372 g/mol. The summed E-state index contributed by atoms with van der Waals surface area (Å²) in [5.41, 5.74) is -0.996. The minimum absolute atomic E-state index is 0.0140. The van der Waals surface area contributed by atoms with Gasteiger partial charge in [0.2, 0.25) is 0 Å². The highest BCUT2D eigenvalue weighted by Crippen LogP contribution is 2.29. The molecule has 1 aromatic rings. The molecule has 8 heteroatoms. The van der Waals surface area contributed by atoms with Crippen LogP contribution in [-0.2, 0) is 13.2 Å². The van der Waals surface area contributed by atoms with Gasteiger partial charge in [-0.15, -0.1) is 0 Å². The van der Waals surface area contributed by atoms with Crippen LogP contribution in [0.2, 0.25) is 0 Å². The summed E-state index contributed by atoms with van der Waals surface area (Å²) in [7, 11) is 1.40. The van der Waals surface area contributed by atoms with Crippen LogP contribution < -0.4 is 0 Å². The molecule has 0 saturated carbocycles. The molecule has 1 amide bonds. The highest BCUT2D eigenvalue weighted by atomic mass is 19.4. The molecule has 2 aliphatic rings. The number of aromatic nitrogens is 2. The van der Waals surface area contributed by atoms with E-state index in [-0.39, 0.29) is 17.6 Å². The van der Waals surface area contributed by atoms with Gasteiger partial charge in [0.15, 0.2) is 5.69 Å². The van der Waals surface area contributed by atoms with Crippen LogP contribution in [0.1, 0.15) is 61.1 Å². The zero-order valence-corrected chi connectivity index (χ0v) is 15.3. The normalized spacial score (nSPS) is 23.1.